The number of ether oxygens (including phenoxy) is 1. The number of phenols is 2. The summed E-state index contributed by atoms with van der Waals surface area (Å²) in [7, 11) is 0. The summed E-state index contributed by atoms with van der Waals surface area (Å²) in [6.07, 6.45) is 13.7. The third-order valence-electron chi connectivity index (χ3n) is 22.4. The lowest BCUT2D eigenvalue weighted by molar-refractivity contribution is -0.141. The molecule has 1 amide bonds. The Morgan fingerprint density at radius 3 is 1.26 bits per heavy atom. The molecule has 0 bridgehead atoms. The predicted octanol–water partition coefficient (Wildman–Crippen LogP) is 18.7. The van der Waals surface area contributed by atoms with E-state index in [1.807, 2.05) is 72.8 Å². The zero-order valence-corrected chi connectivity index (χ0v) is 64.5. The Bertz CT molecular complexity index is 4420. The van der Waals surface area contributed by atoms with E-state index in [1.54, 1.807) is 18.2 Å². The van der Waals surface area contributed by atoms with Crippen molar-refractivity contribution in [3.8, 4) is 11.5 Å². The summed E-state index contributed by atoms with van der Waals surface area (Å²) in [6, 6.07) is 83.5. The number of phenolic OH excluding ortho intramolecular Hbond substituents is 2. The van der Waals surface area contributed by atoms with Gasteiger partial charge in [0.2, 0.25) is 5.91 Å². The van der Waals surface area contributed by atoms with E-state index in [-0.39, 0.29) is 36.6 Å². The molecule has 2 saturated carbocycles. The molecule has 109 heavy (non-hydrogen) atoms. The minimum Gasteiger partial charge on any atom is -0.508 e. The second-order valence-corrected chi connectivity index (χ2v) is 30.1. The summed E-state index contributed by atoms with van der Waals surface area (Å²) in [5, 5.41) is 42.8. The first kappa shape index (κ1) is 78.7. The number of likely N-dealkylation sites (tertiary alicyclic amines) is 1. The average molecular weight is 1460 g/mol. The van der Waals surface area contributed by atoms with E-state index in [4.69, 9.17) is 4.74 Å². The number of hydrogen-bond donors (Lipinski definition) is 5. The highest BCUT2D eigenvalue weighted by molar-refractivity contribution is 6.02. The fourth-order valence-corrected chi connectivity index (χ4v) is 16.1. The van der Waals surface area contributed by atoms with Crippen LogP contribution in [-0.2, 0) is 14.3 Å². The molecule has 13 heteroatoms. The van der Waals surface area contributed by atoms with Gasteiger partial charge in [0, 0.05) is 120 Å². The van der Waals surface area contributed by atoms with Crippen molar-refractivity contribution < 1.29 is 34.8 Å². The molecule has 2 aliphatic carbocycles. The molecule has 3 aliphatic heterocycles. The topological polar surface area (TPSA) is 153 Å². The maximum Gasteiger partial charge on any atom is 0.302 e. The molecular formula is C96H112N6O7. The first-order valence-corrected chi connectivity index (χ1v) is 40.0. The summed E-state index contributed by atoms with van der Waals surface area (Å²) in [5.74, 6) is 0.811. The number of hydrogen-bond acceptors (Lipinski definition) is 12. The van der Waals surface area contributed by atoms with Gasteiger partial charge in [-0.2, -0.15) is 0 Å². The molecule has 5 aliphatic rings. The third-order valence-corrected chi connectivity index (χ3v) is 22.4. The summed E-state index contributed by atoms with van der Waals surface area (Å²) < 4.78 is 5.28. The van der Waals surface area contributed by atoms with Crippen LogP contribution in [0.5, 0.6) is 11.5 Å². The van der Waals surface area contributed by atoms with Crippen LogP contribution in [0.3, 0.4) is 0 Å². The van der Waals surface area contributed by atoms with Crippen molar-refractivity contribution >= 4 is 62.4 Å². The zero-order chi connectivity index (χ0) is 75.9. The number of carbonyl (C=O) groups excluding carboxylic acids is 2. The van der Waals surface area contributed by atoms with Gasteiger partial charge < -0.3 is 45.2 Å². The van der Waals surface area contributed by atoms with Crippen molar-refractivity contribution in [2.24, 2.45) is 0 Å². The number of anilines is 3. The van der Waals surface area contributed by atoms with E-state index < -0.39 is 0 Å². The van der Waals surface area contributed by atoms with Crippen LogP contribution in [0.4, 0.5) is 17.1 Å². The van der Waals surface area contributed by atoms with Gasteiger partial charge in [-0.25, -0.2) is 0 Å². The highest BCUT2D eigenvalue weighted by Crippen LogP contribution is 2.43. The maximum atomic E-state index is 11.6. The SMILES string of the molecule is CC(=O)Nc1ccc(/C(=C(\CCCOC(C)=O)c2ccccc2)c2ccc(C3CCN(C4CC4)CC3)cc2)cc1.CC(C)N1CCN(c2ccc(/C(=C(/CCCO)c3ccccc3)c3ccccc3O)cc2)CC1.OCCC/C(=C(\c1ccc(O)cc1)c1ccc(N2CCN(C3CCC3)CC2)cc1)c1ccccc1. The number of para-hydroxylation sites is 1. The second-order valence-electron chi connectivity index (χ2n) is 30.1. The number of amides is 1. The van der Waals surface area contributed by atoms with Crippen molar-refractivity contribution in [3.05, 3.63) is 292 Å². The normalized spacial score (nSPS) is 16.7. The van der Waals surface area contributed by atoms with Gasteiger partial charge in [0.25, 0.3) is 0 Å². The van der Waals surface area contributed by atoms with Crippen LogP contribution in [0.1, 0.15) is 173 Å². The van der Waals surface area contributed by atoms with Gasteiger partial charge in [0.05, 0.1) is 6.61 Å². The smallest absolute Gasteiger partial charge is 0.302 e. The number of aromatic hydroxyl groups is 2. The number of carbonyl (C=O) groups is 2. The number of nitrogens with one attached hydrogen (secondary N) is 1. The molecule has 0 spiro atoms. The second kappa shape index (κ2) is 39.5. The quantitative estimate of drug-likeness (QED) is 0.0199. The molecule has 5 fully saturated rings. The monoisotopic (exact) mass is 1460 g/mol. The van der Waals surface area contributed by atoms with E-state index >= 15 is 0 Å². The van der Waals surface area contributed by atoms with Crippen LogP contribution >= 0.6 is 0 Å². The van der Waals surface area contributed by atoms with Gasteiger partial charge in [0.15, 0.2) is 0 Å². The highest BCUT2D eigenvalue weighted by Gasteiger charge is 2.33. The Labute approximate surface area is 647 Å². The molecule has 568 valence electrons. The molecule has 0 aromatic heterocycles. The predicted molar refractivity (Wildman–Crippen MR) is 449 cm³/mol. The molecule has 13 nitrogen and oxygen atoms in total. The molecule has 14 rings (SSSR count). The number of aliphatic hydroxyl groups is 2. The Morgan fingerprint density at radius 1 is 0.422 bits per heavy atom. The van der Waals surface area contributed by atoms with Gasteiger partial charge in [-0.15, -0.1) is 0 Å². The zero-order valence-electron chi connectivity index (χ0n) is 64.5. The molecule has 3 heterocycles. The van der Waals surface area contributed by atoms with Crippen LogP contribution < -0.4 is 15.1 Å². The van der Waals surface area contributed by atoms with Crippen LogP contribution in [-0.4, -0.2) is 150 Å². The Hall–Kier alpha value is -9.86. The Morgan fingerprint density at radius 2 is 0.826 bits per heavy atom. The van der Waals surface area contributed by atoms with Crippen molar-refractivity contribution in [1.82, 2.24) is 14.7 Å². The molecule has 5 N–H and O–H groups in total. The summed E-state index contributed by atoms with van der Waals surface area (Å²) in [6.45, 7) is 19.3. The van der Waals surface area contributed by atoms with E-state index in [0.29, 0.717) is 31.4 Å². The van der Waals surface area contributed by atoms with E-state index in [1.165, 1.54) is 111 Å². The molecule has 0 unspecified atom stereocenters. The number of piperazine rings is 2. The van der Waals surface area contributed by atoms with Gasteiger partial charge in [-0.1, -0.05) is 188 Å². The minimum atomic E-state index is -0.252. The van der Waals surface area contributed by atoms with Gasteiger partial charge in [0.1, 0.15) is 11.5 Å². The van der Waals surface area contributed by atoms with Crippen LogP contribution in [0, 0.1) is 0 Å². The Kier molecular flexibility index (Phi) is 28.5. The largest absolute Gasteiger partial charge is 0.508 e. The van der Waals surface area contributed by atoms with Gasteiger partial charge in [-0.3, -0.25) is 19.4 Å². The molecular weight excluding hydrogens is 1350 g/mol. The highest BCUT2D eigenvalue weighted by atomic mass is 16.5. The standard InChI is InChI=1S/C35H40N2O3.C31H36N2O2.C30H36N2O2/c1-25(38)36-32-16-14-31(15-17-32)35(34(9-6-24-40-26(2)39)29-7-4-3-5-8-29)30-12-10-27(11-13-30)28-20-22-37(23-21-28)33-18-19-33;34-23-5-10-30(24-6-2-1-3-7-24)31(26-13-17-29(35)18-14-26)25-11-15-28(16-12-25)33-21-19-32(20-22-33)27-8-4-9-27;1-23(2)31-18-20-32(21-19-31)26-16-14-25(15-17-26)30(28-11-6-7-13-29(28)34)27(12-8-22-33)24-9-4-3-5-10-24/h3-5,7-8,10-17,28,33H,6,9,18-24H2,1-2H3,(H,36,38);1-3,6-7,11-18,27,34-35H,4-5,8-10,19-23H2;3-7,9-11,13-17,23,33-34H,8,12,18-22H2,1-2H3/b35-34+;31-30+;30-27+. The van der Waals surface area contributed by atoms with Crippen LogP contribution in [0.15, 0.2) is 237 Å². The lowest BCUT2D eigenvalue weighted by Crippen LogP contribution is -2.52. The van der Waals surface area contributed by atoms with E-state index in [0.717, 1.165) is 157 Å². The maximum absolute atomic E-state index is 11.6. The number of piperidine rings is 1. The van der Waals surface area contributed by atoms with Crippen molar-refractivity contribution in [2.45, 2.75) is 135 Å². The van der Waals surface area contributed by atoms with Crippen molar-refractivity contribution in [1.29, 1.82) is 0 Å². The molecule has 9 aromatic rings. The molecule has 9 aromatic carbocycles. The number of benzene rings is 9. The fraction of sp³-hybridized carbons (Fsp3) is 0.354. The van der Waals surface area contributed by atoms with Gasteiger partial charge in [-0.05, 0) is 248 Å². The first-order valence-electron chi connectivity index (χ1n) is 40.0. The van der Waals surface area contributed by atoms with Crippen molar-refractivity contribution in [3.63, 3.8) is 0 Å². The minimum absolute atomic E-state index is 0.0856. The first-order chi connectivity index (χ1) is 53.3. The van der Waals surface area contributed by atoms with Crippen molar-refractivity contribution in [2.75, 3.05) is 100 Å². The number of rotatable bonds is 26. The number of esters is 1. The molecule has 0 radical (unpaired) electrons. The summed E-state index contributed by atoms with van der Waals surface area (Å²) in [4.78, 5) is 35.8. The number of nitrogens with zero attached hydrogens (tertiary/aromatic N) is 5. The number of allylic oxidation sites excluding steroid dienone is 3. The van der Waals surface area contributed by atoms with E-state index in [2.05, 4.69) is 189 Å². The molecule has 3 saturated heterocycles. The fourth-order valence-electron chi connectivity index (χ4n) is 16.1. The van der Waals surface area contributed by atoms with Crippen LogP contribution in [0.2, 0.25) is 0 Å². The molecule has 0 atom stereocenters. The Balaban J connectivity index is 0.000000153. The summed E-state index contributed by atoms with van der Waals surface area (Å²) >= 11 is 0. The number of aliphatic hydroxyl groups excluding tert-OH is 2. The summed E-state index contributed by atoms with van der Waals surface area (Å²) in [5.41, 5.74) is 21.4. The van der Waals surface area contributed by atoms with E-state index in [9.17, 15) is 30.0 Å². The lowest BCUT2D eigenvalue weighted by Gasteiger charge is -2.43. The third kappa shape index (κ3) is 21.6. The van der Waals surface area contributed by atoms with Gasteiger partial charge >= 0.3 is 5.97 Å². The lowest BCUT2D eigenvalue weighted by atomic mass is 9.85. The average Bonchev–Trinajstić information content (AvgIpc) is 1.81. The van der Waals surface area contributed by atoms with Crippen LogP contribution in [0.25, 0.3) is 33.4 Å².